The Labute approximate surface area is 116 Å². The van der Waals surface area contributed by atoms with Crippen molar-refractivity contribution in [3.8, 4) is 0 Å². The van der Waals surface area contributed by atoms with Gasteiger partial charge in [-0.25, -0.2) is 4.98 Å². The van der Waals surface area contributed by atoms with E-state index in [2.05, 4.69) is 28.6 Å². The molecule has 0 bridgehead atoms. The summed E-state index contributed by atoms with van der Waals surface area (Å²) >= 11 is 7.53. The van der Waals surface area contributed by atoms with Crippen molar-refractivity contribution in [2.24, 2.45) is 0 Å². The molecule has 2 heterocycles. The summed E-state index contributed by atoms with van der Waals surface area (Å²) in [5.41, 5.74) is 1.09. The Bertz CT molecular complexity index is 498. The quantitative estimate of drug-likeness (QED) is 0.844. The molecule has 0 saturated heterocycles. The lowest BCUT2D eigenvalue weighted by atomic mass is 10.3. The van der Waals surface area contributed by atoms with Gasteiger partial charge < -0.3 is 10.6 Å². The minimum atomic E-state index is 0.850. The molecule has 3 nitrogen and oxygen atoms in total. The van der Waals surface area contributed by atoms with Crippen molar-refractivity contribution in [2.75, 3.05) is 23.7 Å². The lowest BCUT2D eigenvalue weighted by molar-refractivity contribution is 1.04. The lowest BCUT2D eigenvalue weighted by Gasteiger charge is -2.07. The molecule has 2 aromatic heterocycles. The van der Waals surface area contributed by atoms with Crippen molar-refractivity contribution in [3.63, 3.8) is 0 Å². The number of halogens is 1. The van der Waals surface area contributed by atoms with Crippen LogP contribution in [0.15, 0.2) is 30.5 Å². The summed E-state index contributed by atoms with van der Waals surface area (Å²) in [4.78, 5) is 5.53. The minimum absolute atomic E-state index is 0.850. The van der Waals surface area contributed by atoms with Crippen molar-refractivity contribution in [3.05, 3.63) is 39.7 Å². The molecule has 0 aliphatic rings. The zero-order chi connectivity index (χ0) is 12.8. The molecule has 0 aliphatic carbocycles. The Hall–Kier alpha value is -1.26. The van der Waals surface area contributed by atoms with E-state index >= 15 is 0 Å². The summed E-state index contributed by atoms with van der Waals surface area (Å²) < 4.78 is 0.850. The van der Waals surface area contributed by atoms with Crippen molar-refractivity contribution in [2.45, 2.75) is 13.3 Å². The van der Waals surface area contributed by atoms with Crippen molar-refractivity contribution < 1.29 is 0 Å². The maximum Gasteiger partial charge on any atom is 0.127 e. The molecule has 0 unspecified atom stereocenters. The third kappa shape index (κ3) is 3.89. The molecule has 0 aromatic carbocycles. The number of anilines is 2. The van der Waals surface area contributed by atoms with Crippen LogP contribution in [0.5, 0.6) is 0 Å². The second kappa shape index (κ2) is 6.61. The zero-order valence-electron chi connectivity index (χ0n) is 10.2. The summed E-state index contributed by atoms with van der Waals surface area (Å²) in [7, 11) is 0. The SMILES string of the molecule is CCNc1cc(NCCc2ccc(Cl)s2)ccn1. The number of rotatable bonds is 6. The van der Waals surface area contributed by atoms with Gasteiger partial charge in [-0.05, 0) is 31.5 Å². The monoisotopic (exact) mass is 281 g/mol. The van der Waals surface area contributed by atoms with Gasteiger partial charge in [0.1, 0.15) is 5.82 Å². The number of hydrogen-bond acceptors (Lipinski definition) is 4. The van der Waals surface area contributed by atoms with Gasteiger partial charge in [-0.3, -0.25) is 0 Å². The Kier molecular flexibility index (Phi) is 4.84. The highest BCUT2D eigenvalue weighted by Gasteiger charge is 1.99. The van der Waals surface area contributed by atoms with Gasteiger partial charge in [0.05, 0.1) is 4.34 Å². The maximum absolute atomic E-state index is 5.89. The largest absolute Gasteiger partial charge is 0.385 e. The van der Waals surface area contributed by atoms with E-state index in [-0.39, 0.29) is 0 Å². The second-order valence-corrected chi connectivity index (χ2v) is 5.64. The second-order valence-electron chi connectivity index (χ2n) is 3.84. The molecule has 2 aromatic rings. The van der Waals surface area contributed by atoms with Crippen molar-refractivity contribution >= 4 is 34.4 Å². The van der Waals surface area contributed by atoms with Crippen LogP contribution < -0.4 is 10.6 Å². The molecule has 0 atom stereocenters. The van der Waals surface area contributed by atoms with Crippen LogP contribution in [0, 0.1) is 0 Å². The maximum atomic E-state index is 5.89. The smallest absolute Gasteiger partial charge is 0.127 e. The molecule has 0 radical (unpaired) electrons. The zero-order valence-corrected chi connectivity index (χ0v) is 11.8. The first-order valence-corrected chi connectivity index (χ1v) is 7.15. The van der Waals surface area contributed by atoms with Gasteiger partial charge in [0, 0.05) is 35.9 Å². The standard InChI is InChI=1S/C13H16ClN3S/c1-2-15-13-9-10(5-7-17-13)16-8-6-11-3-4-12(14)18-11/h3-5,7,9H,2,6,8H2,1H3,(H2,15,16,17). The molecule has 0 fully saturated rings. The third-order valence-corrected chi connectivity index (χ3v) is 3.74. The van der Waals surface area contributed by atoms with Gasteiger partial charge in [0.25, 0.3) is 0 Å². The van der Waals surface area contributed by atoms with Gasteiger partial charge in [-0.1, -0.05) is 11.6 Å². The summed E-state index contributed by atoms with van der Waals surface area (Å²) in [6.07, 6.45) is 2.79. The van der Waals surface area contributed by atoms with E-state index in [0.29, 0.717) is 0 Å². The fraction of sp³-hybridized carbons (Fsp3) is 0.308. The molecule has 96 valence electrons. The van der Waals surface area contributed by atoms with Crippen LogP contribution in [0.1, 0.15) is 11.8 Å². The van der Waals surface area contributed by atoms with Gasteiger partial charge in [-0.2, -0.15) is 0 Å². The van der Waals surface area contributed by atoms with E-state index in [1.165, 1.54) is 4.88 Å². The van der Waals surface area contributed by atoms with Crippen LogP contribution >= 0.6 is 22.9 Å². The van der Waals surface area contributed by atoms with Crippen LogP contribution in [-0.4, -0.2) is 18.1 Å². The number of nitrogens with one attached hydrogen (secondary N) is 2. The van der Waals surface area contributed by atoms with E-state index in [1.807, 2.05) is 24.4 Å². The van der Waals surface area contributed by atoms with Crippen LogP contribution in [-0.2, 0) is 6.42 Å². The first kappa shape index (κ1) is 13.2. The summed E-state index contributed by atoms with van der Waals surface area (Å²) in [5.74, 6) is 0.904. The lowest BCUT2D eigenvalue weighted by Crippen LogP contribution is -2.05. The molecule has 0 aliphatic heterocycles. The Morgan fingerprint density at radius 3 is 2.89 bits per heavy atom. The fourth-order valence-corrected chi connectivity index (χ4v) is 2.72. The molecular formula is C13H16ClN3S. The van der Waals surface area contributed by atoms with E-state index < -0.39 is 0 Å². The van der Waals surface area contributed by atoms with E-state index in [4.69, 9.17) is 11.6 Å². The van der Waals surface area contributed by atoms with E-state index in [1.54, 1.807) is 11.3 Å². The molecular weight excluding hydrogens is 266 g/mol. The van der Waals surface area contributed by atoms with Crippen LogP contribution in [0.4, 0.5) is 11.5 Å². The highest BCUT2D eigenvalue weighted by Crippen LogP contribution is 2.21. The Morgan fingerprint density at radius 1 is 1.28 bits per heavy atom. The average Bonchev–Trinajstić information content (AvgIpc) is 2.76. The molecule has 2 rings (SSSR count). The van der Waals surface area contributed by atoms with Gasteiger partial charge in [0.2, 0.25) is 0 Å². The number of thiophene rings is 1. The summed E-state index contributed by atoms with van der Waals surface area (Å²) in [5, 5.41) is 6.58. The van der Waals surface area contributed by atoms with Crippen molar-refractivity contribution in [1.82, 2.24) is 4.98 Å². The summed E-state index contributed by atoms with van der Waals surface area (Å²) in [6, 6.07) is 8.01. The highest BCUT2D eigenvalue weighted by atomic mass is 35.5. The van der Waals surface area contributed by atoms with Crippen LogP contribution in [0.25, 0.3) is 0 Å². The van der Waals surface area contributed by atoms with Gasteiger partial charge in [-0.15, -0.1) is 11.3 Å². The Balaban J connectivity index is 1.84. The molecule has 5 heteroatoms. The normalized spacial score (nSPS) is 10.3. The van der Waals surface area contributed by atoms with Crippen LogP contribution in [0.2, 0.25) is 4.34 Å². The molecule has 0 saturated carbocycles. The van der Waals surface area contributed by atoms with Gasteiger partial charge in [0.15, 0.2) is 0 Å². The first-order chi connectivity index (χ1) is 8.78. The molecule has 0 amide bonds. The molecule has 2 N–H and O–H groups in total. The number of hydrogen-bond donors (Lipinski definition) is 2. The number of pyridine rings is 1. The molecule has 18 heavy (non-hydrogen) atoms. The van der Waals surface area contributed by atoms with E-state index in [9.17, 15) is 0 Å². The van der Waals surface area contributed by atoms with E-state index in [0.717, 1.165) is 35.4 Å². The average molecular weight is 282 g/mol. The molecule has 0 spiro atoms. The van der Waals surface area contributed by atoms with Crippen molar-refractivity contribution in [1.29, 1.82) is 0 Å². The predicted octanol–water partition coefficient (Wildman–Crippen LogP) is 3.88. The predicted molar refractivity (Wildman–Crippen MR) is 79.9 cm³/mol. The third-order valence-electron chi connectivity index (χ3n) is 2.45. The highest BCUT2D eigenvalue weighted by molar-refractivity contribution is 7.16. The number of aromatic nitrogens is 1. The fourth-order valence-electron chi connectivity index (χ4n) is 1.63. The Morgan fingerprint density at radius 2 is 2.17 bits per heavy atom. The van der Waals surface area contributed by atoms with Crippen LogP contribution in [0.3, 0.4) is 0 Å². The van der Waals surface area contributed by atoms with Gasteiger partial charge >= 0.3 is 0 Å². The first-order valence-electron chi connectivity index (χ1n) is 5.96. The number of nitrogens with zero attached hydrogens (tertiary/aromatic N) is 1. The minimum Gasteiger partial charge on any atom is -0.385 e. The summed E-state index contributed by atoms with van der Waals surface area (Å²) in [6.45, 7) is 3.83. The topological polar surface area (TPSA) is 37.0 Å².